The molecule has 0 spiro atoms. The van der Waals surface area contributed by atoms with Crippen LogP contribution in [0.3, 0.4) is 0 Å². The number of nitro benzene ring substituents is 1. The van der Waals surface area contributed by atoms with Gasteiger partial charge in [-0.1, -0.05) is 34.7 Å². The smallest absolute Gasteiger partial charge is 0.270 e. The van der Waals surface area contributed by atoms with Crippen molar-refractivity contribution in [2.75, 3.05) is 0 Å². The number of halogens is 1. The number of nitrogens with one attached hydrogen (secondary N) is 1. The molecule has 0 unspecified atom stereocenters. The first kappa shape index (κ1) is 18.1. The molecule has 22 heavy (non-hydrogen) atoms. The van der Waals surface area contributed by atoms with Crippen molar-refractivity contribution >= 4 is 31.6 Å². The Labute approximate surface area is 137 Å². The van der Waals surface area contributed by atoms with E-state index < -0.39 is 14.9 Å². The largest absolute Gasteiger partial charge is 0.280 e. The standard InChI is InChI=1S/C14H15BrN2O4S/c1-3-5-6-12(4-2)16-22(20,21)14-9-13(17(18)19)8-7-11(14)10-15/h3-9,16H,2,10H2,1H3/b5-3+,12-6+. The van der Waals surface area contributed by atoms with Crippen molar-refractivity contribution in [2.24, 2.45) is 0 Å². The van der Waals surface area contributed by atoms with Gasteiger partial charge in [-0.3, -0.25) is 14.8 Å². The summed E-state index contributed by atoms with van der Waals surface area (Å²) in [6, 6.07) is 3.71. The first-order valence-electron chi connectivity index (χ1n) is 6.17. The molecule has 0 aliphatic carbocycles. The molecule has 6 nitrogen and oxygen atoms in total. The Morgan fingerprint density at radius 1 is 1.50 bits per heavy atom. The van der Waals surface area contributed by atoms with Crippen LogP contribution >= 0.6 is 15.9 Å². The molecule has 8 heteroatoms. The maximum atomic E-state index is 12.5. The number of benzene rings is 1. The van der Waals surface area contributed by atoms with Gasteiger partial charge < -0.3 is 0 Å². The zero-order valence-electron chi connectivity index (χ0n) is 11.8. The SMILES string of the molecule is C=C/C(=C\C=C\C)NS(=O)(=O)c1cc([N+](=O)[O-])ccc1CBr. The van der Waals surface area contributed by atoms with Crippen molar-refractivity contribution in [1.82, 2.24) is 4.72 Å². The maximum absolute atomic E-state index is 12.5. The summed E-state index contributed by atoms with van der Waals surface area (Å²) in [5.74, 6) is 0. The third-order valence-corrected chi connectivity index (χ3v) is 4.70. The summed E-state index contributed by atoms with van der Waals surface area (Å²) in [7, 11) is -3.96. The molecule has 0 saturated carbocycles. The molecule has 0 aliphatic heterocycles. The summed E-state index contributed by atoms with van der Waals surface area (Å²) in [6.45, 7) is 5.32. The molecular weight excluding hydrogens is 372 g/mol. The molecule has 0 fully saturated rings. The quantitative estimate of drug-likeness (QED) is 0.336. The van der Waals surface area contributed by atoms with Crippen LogP contribution in [0.1, 0.15) is 12.5 Å². The summed E-state index contributed by atoms with van der Waals surface area (Å²) >= 11 is 3.18. The van der Waals surface area contributed by atoms with E-state index in [1.807, 2.05) is 0 Å². The van der Waals surface area contributed by atoms with Gasteiger partial charge >= 0.3 is 0 Å². The molecule has 0 saturated heterocycles. The van der Waals surface area contributed by atoms with Gasteiger partial charge in [-0.05, 0) is 30.7 Å². The number of rotatable bonds is 7. The van der Waals surface area contributed by atoms with E-state index in [1.165, 1.54) is 24.3 Å². The number of sulfonamides is 1. The van der Waals surface area contributed by atoms with Crippen LogP contribution in [0, 0.1) is 10.1 Å². The summed E-state index contributed by atoms with van der Waals surface area (Å²) < 4.78 is 27.3. The van der Waals surface area contributed by atoms with E-state index in [4.69, 9.17) is 0 Å². The van der Waals surface area contributed by atoms with Crippen LogP contribution in [0.2, 0.25) is 0 Å². The molecule has 1 N–H and O–H groups in total. The number of non-ortho nitro benzene ring substituents is 1. The molecule has 0 aliphatic rings. The highest BCUT2D eigenvalue weighted by Gasteiger charge is 2.22. The zero-order chi connectivity index (χ0) is 16.8. The highest BCUT2D eigenvalue weighted by molar-refractivity contribution is 9.08. The molecule has 0 radical (unpaired) electrons. The summed E-state index contributed by atoms with van der Waals surface area (Å²) in [6.07, 6.45) is 6.27. The van der Waals surface area contributed by atoms with E-state index in [9.17, 15) is 18.5 Å². The van der Waals surface area contributed by atoms with E-state index >= 15 is 0 Å². The third-order valence-electron chi connectivity index (χ3n) is 2.64. The monoisotopic (exact) mass is 386 g/mol. The lowest BCUT2D eigenvalue weighted by atomic mass is 10.2. The minimum absolute atomic E-state index is 0.146. The first-order chi connectivity index (χ1) is 10.4. The number of allylic oxidation sites excluding steroid dienone is 4. The zero-order valence-corrected chi connectivity index (χ0v) is 14.2. The Balaban J connectivity index is 3.35. The van der Waals surface area contributed by atoms with Crippen LogP contribution in [-0.4, -0.2) is 13.3 Å². The Morgan fingerprint density at radius 2 is 2.18 bits per heavy atom. The lowest BCUT2D eigenvalue weighted by molar-refractivity contribution is -0.385. The fraction of sp³-hybridized carbons (Fsp3) is 0.143. The van der Waals surface area contributed by atoms with E-state index in [1.54, 1.807) is 19.1 Å². The van der Waals surface area contributed by atoms with E-state index in [-0.39, 0.29) is 21.6 Å². The van der Waals surface area contributed by atoms with Crippen LogP contribution in [0.25, 0.3) is 0 Å². The number of hydrogen-bond donors (Lipinski definition) is 1. The van der Waals surface area contributed by atoms with Crippen molar-refractivity contribution in [3.8, 4) is 0 Å². The van der Waals surface area contributed by atoms with Gasteiger partial charge in [0.1, 0.15) is 0 Å². The first-order valence-corrected chi connectivity index (χ1v) is 8.77. The molecule has 1 aromatic carbocycles. The Morgan fingerprint density at radius 3 is 2.68 bits per heavy atom. The number of hydrogen-bond acceptors (Lipinski definition) is 4. The summed E-state index contributed by atoms with van der Waals surface area (Å²) in [5, 5.41) is 11.1. The molecule has 1 rings (SSSR count). The molecule has 118 valence electrons. The van der Waals surface area contributed by atoms with Gasteiger partial charge in [0.2, 0.25) is 0 Å². The highest BCUT2D eigenvalue weighted by Crippen LogP contribution is 2.24. The molecule has 1 aromatic rings. The van der Waals surface area contributed by atoms with Crippen molar-refractivity contribution < 1.29 is 13.3 Å². The van der Waals surface area contributed by atoms with Crippen LogP contribution in [0.5, 0.6) is 0 Å². The summed E-state index contributed by atoms with van der Waals surface area (Å²) in [5.41, 5.74) is 0.403. The predicted molar refractivity (Wildman–Crippen MR) is 89.1 cm³/mol. The number of nitro groups is 1. The molecule has 0 aromatic heterocycles. The van der Waals surface area contributed by atoms with Crippen molar-refractivity contribution in [1.29, 1.82) is 0 Å². The molecule has 0 heterocycles. The van der Waals surface area contributed by atoms with Crippen LogP contribution in [0.4, 0.5) is 5.69 Å². The van der Waals surface area contributed by atoms with Gasteiger partial charge in [-0.2, -0.15) is 0 Å². The Kier molecular flexibility index (Phi) is 6.51. The number of nitrogens with zero attached hydrogens (tertiary/aromatic N) is 1. The van der Waals surface area contributed by atoms with Gasteiger partial charge in [0.05, 0.1) is 9.82 Å². The van der Waals surface area contributed by atoms with Gasteiger partial charge in [0.25, 0.3) is 15.7 Å². The van der Waals surface area contributed by atoms with E-state index in [2.05, 4.69) is 27.2 Å². The summed E-state index contributed by atoms with van der Waals surface area (Å²) in [4.78, 5) is 10.1. The fourth-order valence-electron chi connectivity index (χ4n) is 1.57. The van der Waals surface area contributed by atoms with Crippen molar-refractivity contribution in [3.63, 3.8) is 0 Å². The van der Waals surface area contributed by atoms with Crippen LogP contribution in [-0.2, 0) is 15.4 Å². The van der Waals surface area contributed by atoms with Crippen LogP contribution < -0.4 is 4.72 Å². The Hall–Kier alpha value is -1.93. The van der Waals surface area contributed by atoms with E-state index in [0.29, 0.717) is 5.56 Å². The van der Waals surface area contributed by atoms with E-state index in [0.717, 1.165) is 6.07 Å². The molecule has 0 amide bonds. The highest BCUT2D eigenvalue weighted by atomic mass is 79.9. The lowest BCUT2D eigenvalue weighted by Gasteiger charge is -2.11. The predicted octanol–water partition coefficient (Wildman–Crippen LogP) is 3.41. The minimum Gasteiger partial charge on any atom is -0.280 e. The Bertz CT molecular complexity index is 739. The van der Waals surface area contributed by atoms with Crippen molar-refractivity contribution in [2.45, 2.75) is 17.1 Å². The molecule has 0 atom stereocenters. The second-order valence-electron chi connectivity index (χ2n) is 4.14. The maximum Gasteiger partial charge on any atom is 0.270 e. The van der Waals surface area contributed by atoms with Gasteiger partial charge in [-0.25, -0.2) is 8.42 Å². The van der Waals surface area contributed by atoms with Crippen LogP contribution in [0.15, 0.2) is 59.7 Å². The normalized spacial score (nSPS) is 12.4. The average Bonchev–Trinajstić information content (AvgIpc) is 2.50. The minimum atomic E-state index is -3.96. The number of alkyl halides is 1. The van der Waals surface area contributed by atoms with Gasteiger partial charge in [0, 0.05) is 23.2 Å². The molecular formula is C14H15BrN2O4S. The lowest BCUT2D eigenvalue weighted by Crippen LogP contribution is -2.23. The third kappa shape index (κ3) is 4.54. The fourth-order valence-corrected chi connectivity index (χ4v) is 3.58. The average molecular weight is 387 g/mol. The van der Waals surface area contributed by atoms with Gasteiger partial charge in [0.15, 0.2) is 0 Å². The topological polar surface area (TPSA) is 89.3 Å². The van der Waals surface area contributed by atoms with Gasteiger partial charge in [-0.15, -0.1) is 0 Å². The second-order valence-corrected chi connectivity index (χ2v) is 6.35. The second kappa shape index (κ2) is 7.90. The molecule has 0 bridgehead atoms. The van der Waals surface area contributed by atoms with Crippen molar-refractivity contribution in [3.05, 3.63) is 70.5 Å².